The van der Waals surface area contributed by atoms with Crippen molar-refractivity contribution in [3.8, 4) is 5.75 Å². The van der Waals surface area contributed by atoms with Crippen LogP contribution in [0, 0.1) is 5.82 Å². The van der Waals surface area contributed by atoms with Gasteiger partial charge < -0.3 is 9.47 Å². The van der Waals surface area contributed by atoms with Crippen LogP contribution < -0.4 is 9.04 Å². The zero-order chi connectivity index (χ0) is 19.3. The molecular formula is C18H20FNO5S. The third-order valence-electron chi connectivity index (χ3n) is 3.66. The van der Waals surface area contributed by atoms with Gasteiger partial charge >= 0.3 is 5.97 Å². The maximum atomic E-state index is 13.9. The van der Waals surface area contributed by atoms with Crippen LogP contribution in [-0.4, -0.2) is 34.6 Å². The molecule has 26 heavy (non-hydrogen) atoms. The smallest absolute Gasteiger partial charge is 0.338 e. The first-order valence-electron chi connectivity index (χ1n) is 7.98. The lowest BCUT2D eigenvalue weighted by Gasteiger charge is -2.23. The minimum absolute atomic E-state index is 0.0363. The second-order valence-electron chi connectivity index (χ2n) is 5.23. The van der Waals surface area contributed by atoms with Gasteiger partial charge in [0.25, 0.3) is 10.0 Å². The highest BCUT2D eigenvalue weighted by molar-refractivity contribution is 7.92. The molecule has 0 amide bonds. The molecule has 0 spiro atoms. The number of sulfonamides is 1. The summed E-state index contributed by atoms with van der Waals surface area (Å²) in [5.41, 5.74) is 0.677. The second-order valence-corrected chi connectivity index (χ2v) is 7.10. The lowest BCUT2D eigenvalue weighted by atomic mass is 10.2. The number of hydrogen-bond acceptors (Lipinski definition) is 5. The van der Waals surface area contributed by atoms with Crippen molar-refractivity contribution in [2.75, 3.05) is 24.6 Å². The summed E-state index contributed by atoms with van der Waals surface area (Å²) >= 11 is 0. The van der Waals surface area contributed by atoms with E-state index >= 15 is 0 Å². The molecule has 2 rings (SSSR count). The first-order valence-corrected chi connectivity index (χ1v) is 9.42. The summed E-state index contributed by atoms with van der Waals surface area (Å²) in [7, 11) is -2.67. The molecule has 0 heterocycles. The van der Waals surface area contributed by atoms with Gasteiger partial charge in [-0.1, -0.05) is 0 Å². The van der Waals surface area contributed by atoms with Gasteiger partial charge in [-0.05, 0) is 56.3 Å². The maximum Gasteiger partial charge on any atom is 0.338 e. The Morgan fingerprint density at radius 2 is 1.77 bits per heavy atom. The molecule has 0 aliphatic rings. The maximum absolute atomic E-state index is 13.9. The largest absolute Gasteiger partial charge is 0.494 e. The van der Waals surface area contributed by atoms with Gasteiger partial charge in [0.1, 0.15) is 0 Å². The average Bonchev–Trinajstić information content (AvgIpc) is 2.62. The number of carbonyl (C=O) groups is 1. The van der Waals surface area contributed by atoms with Crippen molar-refractivity contribution in [1.29, 1.82) is 0 Å². The molecule has 2 aromatic carbocycles. The number of ether oxygens (including phenoxy) is 2. The lowest BCUT2D eigenvalue weighted by molar-refractivity contribution is 0.0526. The Labute approximate surface area is 152 Å². The van der Waals surface area contributed by atoms with Gasteiger partial charge in [-0.25, -0.2) is 17.6 Å². The van der Waals surface area contributed by atoms with E-state index in [4.69, 9.17) is 9.47 Å². The Morgan fingerprint density at radius 3 is 2.27 bits per heavy atom. The molecule has 0 radical (unpaired) electrons. The number of halogens is 1. The molecule has 0 bridgehead atoms. The third kappa shape index (κ3) is 3.96. The van der Waals surface area contributed by atoms with E-state index in [-0.39, 0.29) is 23.8 Å². The zero-order valence-electron chi connectivity index (χ0n) is 14.7. The zero-order valence-corrected chi connectivity index (χ0v) is 15.5. The predicted octanol–water partition coefficient (Wildman–Crippen LogP) is 3.23. The number of hydrogen-bond donors (Lipinski definition) is 0. The first-order chi connectivity index (χ1) is 12.3. The fourth-order valence-electron chi connectivity index (χ4n) is 2.40. The molecule has 0 aromatic heterocycles. The molecule has 0 aliphatic heterocycles. The summed E-state index contributed by atoms with van der Waals surface area (Å²) in [6, 6.07) is 9.46. The van der Waals surface area contributed by atoms with Crippen molar-refractivity contribution in [1.82, 2.24) is 0 Å². The Hall–Kier alpha value is -2.61. The van der Waals surface area contributed by atoms with Gasteiger partial charge in [-0.2, -0.15) is 0 Å². The van der Waals surface area contributed by atoms with Crippen LogP contribution in [0.25, 0.3) is 0 Å². The summed E-state index contributed by atoms with van der Waals surface area (Å²) in [6.45, 7) is 3.75. The molecule has 0 unspecified atom stereocenters. The summed E-state index contributed by atoms with van der Waals surface area (Å²) in [5, 5.41) is 0. The molecule has 0 fully saturated rings. The highest BCUT2D eigenvalue weighted by Crippen LogP contribution is 2.27. The van der Waals surface area contributed by atoms with E-state index in [0.717, 1.165) is 10.4 Å². The Balaban J connectivity index is 2.37. The van der Waals surface area contributed by atoms with Crippen LogP contribution in [0.4, 0.5) is 10.1 Å². The van der Waals surface area contributed by atoms with Crippen molar-refractivity contribution in [2.24, 2.45) is 0 Å². The van der Waals surface area contributed by atoms with Crippen LogP contribution in [0.2, 0.25) is 0 Å². The number of rotatable bonds is 7. The van der Waals surface area contributed by atoms with E-state index in [2.05, 4.69) is 0 Å². The van der Waals surface area contributed by atoms with Gasteiger partial charge in [0.05, 0.1) is 29.9 Å². The second kappa shape index (κ2) is 8.18. The summed E-state index contributed by atoms with van der Waals surface area (Å²) in [4.78, 5) is 11.5. The predicted molar refractivity (Wildman–Crippen MR) is 95.6 cm³/mol. The van der Waals surface area contributed by atoms with E-state index in [1.165, 1.54) is 43.5 Å². The van der Waals surface area contributed by atoms with Gasteiger partial charge in [-0.15, -0.1) is 0 Å². The van der Waals surface area contributed by atoms with Crippen LogP contribution in [0.15, 0.2) is 47.4 Å². The van der Waals surface area contributed by atoms with E-state index in [9.17, 15) is 17.6 Å². The normalized spacial score (nSPS) is 11.1. The number of esters is 1. The Morgan fingerprint density at radius 1 is 1.12 bits per heavy atom. The minimum Gasteiger partial charge on any atom is -0.494 e. The molecule has 140 valence electrons. The molecule has 0 atom stereocenters. The standard InChI is InChI=1S/C18H20FNO5S/c1-4-20(14-8-6-13(7-9-14)18(21)25-5-2)26(22,23)15-10-11-17(24-3)16(19)12-15/h6-12H,4-5H2,1-3H3. The highest BCUT2D eigenvalue weighted by Gasteiger charge is 2.25. The molecule has 0 saturated carbocycles. The quantitative estimate of drug-likeness (QED) is 0.689. The summed E-state index contributed by atoms with van der Waals surface area (Å²) in [6.07, 6.45) is 0. The van der Waals surface area contributed by atoms with E-state index in [1.54, 1.807) is 13.8 Å². The van der Waals surface area contributed by atoms with Crippen molar-refractivity contribution >= 4 is 21.7 Å². The van der Waals surface area contributed by atoms with Gasteiger partial charge in [0, 0.05) is 6.54 Å². The fraction of sp³-hybridized carbons (Fsp3) is 0.278. The average molecular weight is 381 g/mol. The number of anilines is 1. The molecule has 0 N–H and O–H groups in total. The molecule has 0 saturated heterocycles. The lowest BCUT2D eigenvalue weighted by Crippen LogP contribution is -2.30. The van der Waals surface area contributed by atoms with E-state index in [1.807, 2.05) is 0 Å². The molecule has 8 heteroatoms. The van der Waals surface area contributed by atoms with Gasteiger partial charge in [0.15, 0.2) is 11.6 Å². The van der Waals surface area contributed by atoms with Gasteiger partial charge in [-0.3, -0.25) is 4.31 Å². The van der Waals surface area contributed by atoms with Crippen molar-refractivity contribution < 1.29 is 27.1 Å². The van der Waals surface area contributed by atoms with E-state index < -0.39 is 21.8 Å². The minimum atomic E-state index is -3.97. The van der Waals surface area contributed by atoms with Crippen molar-refractivity contribution in [2.45, 2.75) is 18.7 Å². The van der Waals surface area contributed by atoms with Crippen LogP contribution in [-0.2, 0) is 14.8 Å². The Bertz CT molecular complexity index is 881. The third-order valence-corrected chi connectivity index (χ3v) is 5.56. The van der Waals surface area contributed by atoms with Crippen LogP contribution in [0.1, 0.15) is 24.2 Å². The van der Waals surface area contributed by atoms with Gasteiger partial charge in [0.2, 0.25) is 0 Å². The number of benzene rings is 2. The first kappa shape index (κ1) is 19.7. The van der Waals surface area contributed by atoms with Crippen LogP contribution >= 0.6 is 0 Å². The Kier molecular flexibility index (Phi) is 6.20. The highest BCUT2D eigenvalue weighted by atomic mass is 32.2. The molecule has 0 aliphatic carbocycles. The number of methoxy groups -OCH3 is 1. The van der Waals surface area contributed by atoms with Crippen LogP contribution in [0.5, 0.6) is 5.75 Å². The summed E-state index contributed by atoms with van der Waals surface area (Å²) in [5.74, 6) is -1.28. The SMILES string of the molecule is CCOC(=O)c1ccc(N(CC)S(=O)(=O)c2ccc(OC)c(F)c2)cc1. The number of nitrogens with zero attached hydrogens (tertiary/aromatic N) is 1. The topological polar surface area (TPSA) is 72.9 Å². The van der Waals surface area contributed by atoms with E-state index in [0.29, 0.717) is 11.3 Å². The molecular weight excluding hydrogens is 361 g/mol. The monoisotopic (exact) mass is 381 g/mol. The number of carbonyl (C=O) groups excluding carboxylic acids is 1. The van der Waals surface area contributed by atoms with Crippen LogP contribution in [0.3, 0.4) is 0 Å². The molecule has 6 nitrogen and oxygen atoms in total. The van der Waals surface area contributed by atoms with Crippen molar-refractivity contribution in [3.05, 3.63) is 53.8 Å². The molecule has 2 aromatic rings. The fourth-order valence-corrected chi connectivity index (χ4v) is 3.89. The summed E-state index contributed by atoms with van der Waals surface area (Å²) < 4.78 is 50.5. The van der Waals surface area contributed by atoms with Crippen molar-refractivity contribution in [3.63, 3.8) is 0 Å².